The van der Waals surface area contributed by atoms with Crippen molar-refractivity contribution in [3.63, 3.8) is 0 Å². The van der Waals surface area contributed by atoms with E-state index in [4.69, 9.17) is 4.74 Å². The normalized spacial score (nSPS) is 20.6. The van der Waals surface area contributed by atoms with Crippen LogP contribution in [0.15, 0.2) is 65.7 Å². The summed E-state index contributed by atoms with van der Waals surface area (Å²) in [5, 5.41) is 6.92. The molecule has 2 aromatic rings. The highest BCUT2D eigenvalue weighted by Crippen LogP contribution is 2.33. The van der Waals surface area contributed by atoms with Gasteiger partial charge >= 0.3 is 0 Å². The molecule has 2 aromatic carbocycles. The molecule has 5 heteroatoms. The fourth-order valence-corrected chi connectivity index (χ4v) is 3.45. The van der Waals surface area contributed by atoms with Crippen LogP contribution < -0.4 is 10.6 Å². The van der Waals surface area contributed by atoms with Gasteiger partial charge in [0.2, 0.25) is 0 Å². The Morgan fingerprint density at radius 2 is 1.74 bits per heavy atom. The topological polar surface area (TPSA) is 45.7 Å². The van der Waals surface area contributed by atoms with E-state index in [1.807, 2.05) is 13.1 Å². The molecule has 3 atom stereocenters. The molecule has 0 amide bonds. The highest BCUT2D eigenvalue weighted by Gasteiger charge is 2.29. The molecule has 4 nitrogen and oxygen atoms in total. The minimum absolute atomic E-state index is 0. The van der Waals surface area contributed by atoms with Gasteiger partial charge in [0.05, 0.1) is 6.10 Å². The van der Waals surface area contributed by atoms with Crippen LogP contribution in [-0.2, 0) is 4.74 Å². The molecule has 0 bridgehead atoms. The number of hydrogen-bond acceptors (Lipinski definition) is 2. The quantitative estimate of drug-likeness (QED) is 0.368. The summed E-state index contributed by atoms with van der Waals surface area (Å²) in [4.78, 5) is 4.37. The van der Waals surface area contributed by atoms with Crippen molar-refractivity contribution in [2.24, 2.45) is 10.9 Å². The lowest BCUT2D eigenvalue weighted by atomic mass is 9.95. The van der Waals surface area contributed by atoms with Crippen LogP contribution >= 0.6 is 24.0 Å². The van der Waals surface area contributed by atoms with Crippen molar-refractivity contribution < 1.29 is 4.74 Å². The number of benzene rings is 2. The number of ether oxygens (including phenoxy) is 1. The van der Waals surface area contributed by atoms with Crippen molar-refractivity contribution in [2.45, 2.75) is 25.4 Å². The van der Waals surface area contributed by atoms with Gasteiger partial charge in [-0.15, -0.1) is 24.0 Å². The zero-order chi connectivity index (χ0) is 18.2. The largest absolute Gasteiger partial charge is 0.373 e. The van der Waals surface area contributed by atoms with Crippen molar-refractivity contribution in [1.29, 1.82) is 0 Å². The molecule has 0 spiro atoms. The second-order valence-corrected chi connectivity index (χ2v) is 6.90. The van der Waals surface area contributed by atoms with Gasteiger partial charge in [-0.2, -0.15) is 0 Å². The van der Waals surface area contributed by atoms with E-state index in [-0.39, 0.29) is 30.1 Å². The molecule has 1 aliphatic rings. The molecule has 0 aliphatic carbocycles. The van der Waals surface area contributed by atoms with E-state index in [2.05, 4.69) is 77.1 Å². The summed E-state index contributed by atoms with van der Waals surface area (Å²) in [6, 6.07) is 21.1. The lowest BCUT2D eigenvalue weighted by Gasteiger charge is -2.21. The van der Waals surface area contributed by atoms with E-state index in [0.29, 0.717) is 11.8 Å². The number of hydrogen-bond donors (Lipinski definition) is 2. The average molecular weight is 479 g/mol. The maximum Gasteiger partial charge on any atom is 0.191 e. The number of aliphatic imine (C=N–C) groups is 1. The smallest absolute Gasteiger partial charge is 0.191 e. The number of nitrogens with zero attached hydrogens (tertiary/aromatic N) is 1. The van der Waals surface area contributed by atoms with E-state index < -0.39 is 0 Å². The third kappa shape index (κ3) is 6.21. The lowest BCUT2D eigenvalue weighted by Crippen LogP contribution is -2.41. The maximum atomic E-state index is 5.97. The van der Waals surface area contributed by atoms with Crippen LogP contribution in [-0.4, -0.2) is 32.7 Å². The monoisotopic (exact) mass is 479 g/mol. The minimum Gasteiger partial charge on any atom is -0.373 e. The number of rotatable bonds is 6. The Kier molecular flexibility index (Phi) is 9.07. The molecule has 3 unspecified atom stereocenters. The summed E-state index contributed by atoms with van der Waals surface area (Å²) in [6.45, 7) is 4.76. The Morgan fingerprint density at radius 3 is 2.41 bits per heavy atom. The first kappa shape index (κ1) is 21.7. The van der Waals surface area contributed by atoms with Crippen molar-refractivity contribution in [2.75, 3.05) is 26.7 Å². The lowest BCUT2D eigenvalue weighted by molar-refractivity contribution is 0.0915. The van der Waals surface area contributed by atoms with Crippen LogP contribution in [0.1, 0.15) is 36.5 Å². The van der Waals surface area contributed by atoms with Gasteiger partial charge in [-0.05, 0) is 23.5 Å². The fourth-order valence-electron chi connectivity index (χ4n) is 3.45. The molecule has 1 saturated heterocycles. The first-order valence-corrected chi connectivity index (χ1v) is 9.44. The minimum atomic E-state index is 0. The molecule has 146 valence electrons. The molecule has 3 rings (SSSR count). The first-order chi connectivity index (χ1) is 12.8. The highest BCUT2D eigenvalue weighted by molar-refractivity contribution is 14.0. The molecule has 0 aromatic heterocycles. The average Bonchev–Trinajstić information content (AvgIpc) is 3.18. The summed E-state index contributed by atoms with van der Waals surface area (Å²) in [5.41, 5.74) is 2.60. The predicted octanol–water partition coefficient (Wildman–Crippen LogP) is 4.35. The van der Waals surface area contributed by atoms with Crippen LogP contribution in [0.5, 0.6) is 0 Å². The predicted molar refractivity (Wildman–Crippen MR) is 123 cm³/mol. The van der Waals surface area contributed by atoms with Crippen LogP contribution in [0.4, 0.5) is 0 Å². The Bertz CT molecular complexity index is 693. The molecule has 0 saturated carbocycles. The zero-order valence-corrected chi connectivity index (χ0v) is 18.4. The SMILES string of the molecule is CN=C(NCC(C)c1ccccc1)NCC1CCOC1c1ccccc1.I. The number of halogens is 1. The van der Waals surface area contributed by atoms with Crippen LogP contribution in [0.3, 0.4) is 0 Å². The van der Waals surface area contributed by atoms with Gasteiger partial charge in [-0.25, -0.2) is 0 Å². The Labute approximate surface area is 179 Å². The van der Waals surface area contributed by atoms with E-state index in [1.54, 1.807) is 0 Å². The molecule has 1 fully saturated rings. The molecule has 1 heterocycles. The Morgan fingerprint density at radius 1 is 1.07 bits per heavy atom. The number of guanidine groups is 1. The first-order valence-electron chi connectivity index (χ1n) is 9.44. The summed E-state index contributed by atoms with van der Waals surface area (Å²) in [5.74, 6) is 1.75. The van der Waals surface area contributed by atoms with E-state index in [9.17, 15) is 0 Å². The second kappa shape index (κ2) is 11.3. The van der Waals surface area contributed by atoms with Gasteiger partial charge in [0.25, 0.3) is 0 Å². The third-order valence-corrected chi connectivity index (χ3v) is 5.04. The van der Waals surface area contributed by atoms with E-state index in [0.717, 1.165) is 32.1 Å². The van der Waals surface area contributed by atoms with Gasteiger partial charge in [-0.1, -0.05) is 67.6 Å². The third-order valence-electron chi connectivity index (χ3n) is 5.04. The number of nitrogens with one attached hydrogen (secondary N) is 2. The summed E-state index contributed by atoms with van der Waals surface area (Å²) in [6.07, 6.45) is 1.24. The second-order valence-electron chi connectivity index (χ2n) is 6.90. The summed E-state index contributed by atoms with van der Waals surface area (Å²) in [7, 11) is 1.82. The van der Waals surface area contributed by atoms with E-state index in [1.165, 1.54) is 11.1 Å². The van der Waals surface area contributed by atoms with Crippen molar-refractivity contribution in [3.8, 4) is 0 Å². The Balaban J connectivity index is 0.00000261. The van der Waals surface area contributed by atoms with Crippen molar-refractivity contribution >= 4 is 29.9 Å². The van der Waals surface area contributed by atoms with Crippen LogP contribution in [0.2, 0.25) is 0 Å². The van der Waals surface area contributed by atoms with Crippen molar-refractivity contribution in [3.05, 3.63) is 71.8 Å². The van der Waals surface area contributed by atoms with E-state index >= 15 is 0 Å². The molecule has 27 heavy (non-hydrogen) atoms. The van der Waals surface area contributed by atoms with Gasteiger partial charge < -0.3 is 15.4 Å². The summed E-state index contributed by atoms with van der Waals surface area (Å²) >= 11 is 0. The standard InChI is InChI=1S/C22H29N3O.HI/c1-17(18-9-5-3-6-10-18)15-24-22(23-2)25-16-20-13-14-26-21(20)19-11-7-4-8-12-19;/h3-12,17,20-21H,13-16H2,1-2H3,(H2,23,24,25);1H. The van der Waals surface area contributed by atoms with Gasteiger partial charge in [-0.3, -0.25) is 4.99 Å². The Hall–Kier alpha value is -1.60. The molecule has 0 radical (unpaired) electrons. The van der Waals surface area contributed by atoms with Crippen LogP contribution in [0.25, 0.3) is 0 Å². The molecular formula is C22H30IN3O. The molecule has 2 N–H and O–H groups in total. The van der Waals surface area contributed by atoms with Crippen molar-refractivity contribution in [1.82, 2.24) is 10.6 Å². The molecule has 1 aliphatic heterocycles. The van der Waals surface area contributed by atoms with Crippen LogP contribution in [0, 0.1) is 5.92 Å². The van der Waals surface area contributed by atoms with Gasteiger partial charge in [0, 0.05) is 32.7 Å². The molecular weight excluding hydrogens is 449 g/mol. The van der Waals surface area contributed by atoms with Gasteiger partial charge in [0.15, 0.2) is 5.96 Å². The zero-order valence-electron chi connectivity index (χ0n) is 16.1. The fraction of sp³-hybridized carbons (Fsp3) is 0.409. The summed E-state index contributed by atoms with van der Waals surface area (Å²) < 4.78 is 5.97. The van der Waals surface area contributed by atoms with Gasteiger partial charge in [0.1, 0.15) is 0 Å². The maximum absolute atomic E-state index is 5.97. The highest BCUT2D eigenvalue weighted by atomic mass is 127.